The highest BCUT2D eigenvalue weighted by Gasteiger charge is 2.62. The van der Waals surface area contributed by atoms with E-state index >= 15 is 0 Å². The van der Waals surface area contributed by atoms with E-state index in [4.69, 9.17) is 4.74 Å². The van der Waals surface area contributed by atoms with Gasteiger partial charge in [-0.2, -0.15) is 0 Å². The van der Waals surface area contributed by atoms with Gasteiger partial charge in [0.25, 0.3) is 11.8 Å². The van der Waals surface area contributed by atoms with Crippen LogP contribution in [-0.2, 0) is 19.9 Å². The molecule has 2 aromatic rings. The number of rotatable bonds is 1. The highest BCUT2D eigenvalue weighted by molar-refractivity contribution is 6.25. The zero-order valence-electron chi connectivity index (χ0n) is 15.9. The number of para-hydroxylation sites is 1. The summed E-state index contributed by atoms with van der Waals surface area (Å²) in [6.07, 6.45) is 0.493. The minimum atomic E-state index is -1.60. The Morgan fingerprint density at radius 1 is 1.00 bits per heavy atom. The summed E-state index contributed by atoms with van der Waals surface area (Å²) < 4.78 is 5.48. The lowest BCUT2D eigenvalue weighted by atomic mass is 9.81. The van der Waals surface area contributed by atoms with Gasteiger partial charge in [0, 0.05) is 22.9 Å². The van der Waals surface area contributed by atoms with Crippen molar-refractivity contribution in [1.29, 1.82) is 0 Å². The van der Waals surface area contributed by atoms with Gasteiger partial charge in [-0.15, -0.1) is 0 Å². The molecule has 2 aliphatic rings. The molecule has 0 saturated carbocycles. The van der Waals surface area contributed by atoms with Crippen molar-refractivity contribution in [3.8, 4) is 0 Å². The first-order valence-electron chi connectivity index (χ1n) is 9.01. The second-order valence-corrected chi connectivity index (χ2v) is 7.79. The summed E-state index contributed by atoms with van der Waals surface area (Å²) in [6.45, 7) is 5.14. The Hall–Kier alpha value is -3.41. The maximum absolute atomic E-state index is 13.3. The molecule has 1 N–H and O–H groups in total. The van der Waals surface area contributed by atoms with E-state index in [-0.39, 0.29) is 0 Å². The summed E-state index contributed by atoms with van der Waals surface area (Å²) >= 11 is 0. The van der Waals surface area contributed by atoms with Crippen molar-refractivity contribution >= 4 is 29.2 Å². The number of benzene rings is 2. The summed E-state index contributed by atoms with van der Waals surface area (Å²) in [5.41, 5.74) is -0.162. The number of carbonyl (C=O) groups excluding carboxylic acids is 3. The molecule has 1 spiro atoms. The molecule has 28 heavy (non-hydrogen) atoms. The third-order valence-electron chi connectivity index (χ3n) is 4.77. The lowest BCUT2D eigenvalue weighted by Crippen LogP contribution is -2.54. The maximum Gasteiger partial charge on any atom is 0.418 e. The number of hydrogen-bond donors (Lipinski definition) is 1. The van der Waals surface area contributed by atoms with Gasteiger partial charge in [-0.3, -0.25) is 9.59 Å². The van der Waals surface area contributed by atoms with Crippen LogP contribution in [0.4, 0.5) is 10.5 Å². The molecule has 6 nitrogen and oxygen atoms in total. The van der Waals surface area contributed by atoms with E-state index in [1.54, 1.807) is 45.0 Å². The van der Waals surface area contributed by atoms with E-state index in [9.17, 15) is 14.4 Å². The van der Waals surface area contributed by atoms with Crippen LogP contribution in [-0.4, -0.2) is 28.4 Å². The first-order chi connectivity index (χ1) is 13.2. The SMILES string of the molecule is CC(C)(C)OC(=O)N1C(=O)C=C(c2ccccc2)[C@]12C(=O)Nc1ccccc12. The van der Waals surface area contributed by atoms with Crippen molar-refractivity contribution in [2.24, 2.45) is 0 Å². The Balaban J connectivity index is 1.96. The van der Waals surface area contributed by atoms with Crippen molar-refractivity contribution in [1.82, 2.24) is 4.90 Å². The molecule has 0 aliphatic carbocycles. The lowest BCUT2D eigenvalue weighted by Gasteiger charge is -2.35. The monoisotopic (exact) mass is 376 g/mol. The van der Waals surface area contributed by atoms with Gasteiger partial charge < -0.3 is 10.1 Å². The highest BCUT2D eigenvalue weighted by Crippen LogP contribution is 2.52. The zero-order valence-corrected chi connectivity index (χ0v) is 15.9. The number of fused-ring (bicyclic) bond motifs is 2. The minimum Gasteiger partial charge on any atom is -0.443 e. The molecular weight excluding hydrogens is 356 g/mol. The summed E-state index contributed by atoms with van der Waals surface area (Å²) in [5.74, 6) is -1.04. The molecule has 2 heterocycles. The van der Waals surface area contributed by atoms with Gasteiger partial charge in [-0.1, -0.05) is 48.5 Å². The number of imide groups is 1. The molecule has 0 fully saturated rings. The van der Waals surface area contributed by atoms with Crippen molar-refractivity contribution in [3.63, 3.8) is 0 Å². The molecule has 3 amide bonds. The fourth-order valence-corrected chi connectivity index (χ4v) is 3.75. The number of nitrogens with one attached hydrogen (secondary N) is 1. The predicted octanol–water partition coefficient (Wildman–Crippen LogP) is 3.69. The Labute approximate surface area is 162 Å². The third kappa shape index (κ3) is 2.52. The molecule has 0 aromatic heterocycles. The van der Waals surface area contributed by atoms with Crippen LogP contribution in [0.15, 0.2) is 60.7 Å². The summed E-state index contributed by atoms with van der Waals surface area (Å²) in [5, 5.41) is 2.82. The van der Waals surface area contributed by atoms with Gasteiger partial charge in [0.2, 0.25) is 0 Å². The van der Waals surface area contributed by atoms with Gasteiger partial charge in [0.1, 0.15) is 5.60 Å². The first-order valence-corrected chi connectivity index (χ1v) is 9.01. The van der Waals surface area contributed by atoms with E-state index in [1.807, 2.05) is 30.3 Å². The zero-order chi connectivity index (χ0) is 20.1. The quantitative estimate of drug-likeness (QED) is 0.823. The number of hydrogen-bond acceptors (Lipinski definition) is 4. The van der Waals surface area contributed by atoms with Gasteiger partial charge in [0.15, 0.2) is 5.54 Å². The summed E-state index contributed by atoms with van der Waals surface area (Å²) in [6, 6.07) is 16.2. The topological polar surface area (TPSA) is 75.7 Å². The van der Waals surface area contributed by atoms with Crippen molar-refractivity contribution in [2.45, 2.75) is 31.9 Å². The van der Waals surface area contributed by atoms with Crippen LogP contribution in [0.1, 0.15) is 31.9 Å². The molecule has 0 unspecified atom stereocenters. The molecular formula is C22H20N2O4. The van der Waals surface area contributed by atoms with Crippen LogP contribution in [0.5, 0.6) is 0 Å². The van der Waals surface area contributed by atoms with Crippen LogP contribution < -0.4 is 5.32 Å². The van der Waals surface area contributed by atoms with E-state index in [0.29, 0.717) is 22.4 Å². The average molecular weight is 376 g/mol. The van der Waals surface area contributed by atoms with Crippen LogP contribution in [0.25, 0.3) is 5.57 Å². The molecule has 1 atom stereocenters. The number of carbonyl (C=O) groups is 3. The standard InChI is InChI=1S/C22H20N2O4/c1-21(2,3)28-20(27)24-18(25)13-16(14-9-5-4-6-10-14)22(24)15-11-7-8-12-17(15)23-19(22)26/h4-13H,1-3H3,(H,23,26)/t22-/m1/s1. The van der Waals surface area contributed by atoms with E-state index in [2.05, 4.69) is 5.32 Å². The average Bonchev–Trinajstić information content (AvgIpc) is 3.10. The Morgan fingerprint density at radius 3 is 2.32 bits per heavy atom. The van der Waals surface area contributed by atoms with Crippen LogP contribution in [0, 0.1) is 0 Å². The van der Waals surface area contributed by atoms with Gasteiger partial charge in [0.05, 0.1) is 0 Å². The largest absolute Gasteiger partial charge is 0.443 e. The third-order valence-corrected chi connectivity index (χ3v) is 4.77. The van der Waals surface area contributed by atoms with Gasteiger partial charge in [-0.05, 0) is 32.4 Å². The fraction of sp³-hybridized carbons (Fsp3) is 0.227. The van der Waals surface area contributed by atoms with E-state index < -0.39 is 29.0 Å². The second-order valence-electron chi connectivity index (χ2n) is 7.79. The van der Waals surface area contributed by atoms with E-state index in [1.165, 1.54) is 6.08 Å². The summed E-state index contributed by atoms with van der Waals surface area (Å²) in [4.78, 5) is 40.2. The van der Waals surface area contributed by atoms with E-state index in [0.717, 1.165) is 4.90 Å². The van der Waals surface area contributed by atoms with Gasteiger partial charge in [-0.25, -0.2) is 9.69 Å². The molecule has 2 aliphatic heterocycles. The molecule has 2 aromatic carbocycles. The van der Waals surface area contributed by atoms with Crippen molar-refractivity contribution in [2.75, 3.05) is 5.32 Å². The Morgan fingerprint density at radius 2 is 1.64 bits per heavy atom. The second kappa shape index (κ2) is 6.05. The van der Waals surface area contributed by atoms with Crippen LogP contribution >= 0.6 is 0 Å². The Bertz CT molecular complexity index is 1020. The molecule has 4 rings (SSSR count). The van der Waals surface area contributed by atoms with Crippen molar-refractivity contribution in [3.05, 3.63) is 71.8 Å². The maximum atomic E-state index is 13.3. The summed E-state index contributed by atoms with van der Waals surface area (Å²) in [7, 11) is 0. The molecule has 0 bridgehead atoms. The number of amides is 3. The fourth-order valence-electron chi connectivity index (χ4n) is 3.75. The lowest BCUT2D eigenvalue weighted by molar-refractivity contribution is -0.135. The number of anilines is 1. The minimum absolute atomic E-state index is 0.450. The first kappa shape index (κ1) is 18.0. The van der Waals surface area contributed by atoms with Crippen LogP contribution in [0.3, 0.4) is 0 Å². The number of ether oxygens (including phenoxy) is 1. The van der Waals surface area contributed by atoms with Crippen LogP contribution in [0.2, 0.25) is 0 Å². The highest BCUT2D eigenvalue weighted by atomic mass is 16.6. The molecule has 6 heteroatoms. The number of nitrogens with zero attached hydrogens (tertiary/aromatic N) is 1. The normalized spacial score (nSPS) is 20.8. The molecule has 0 saturated heterocycles. The molecule has 0 radical (unpaired) electrons. The Kier molecular flexibility index (Phi) is 3.89. The van der Waals surface area contributed by atoms with Gasteiger partial charge >= 0.3 is 6.09 Å². The van der Waals surface area contributed by atoms with Crippen molar-refractivity contribution < 1.29 is 19.1 Å². The predicted molar refractivity (Wildman–Crippen MR) is 104 cm³/mol. The smallest absolute Gasteiger partial charge is 0.418 e. The molecule has 142 valence electrons.